The molecule has 0 bridgehead atoms. The maximum Gasteiger partial charge on any atom is 0.118 e. The lowest BCUT2D eigenvalue weighted by Crippen LogP contribution is -2.39. The standard InChI is InChI=1S/C34H44O3.C24H42NO.C23H38O3/c1-3-32(34-18-14-30(15-19-34)20-23-35)11-7-8-28(2)33-16-12-31(13-17-33)22-25-37-27-26-36-24-21-29-9-5-4-6-10-29;1-6-23(21-25(3,4)5)17-12-14-22(2)13-10-11-19-26-20-18-24-15-8-7-9-16-24;1-6-22(26-19-23(3,4)5)14-10-11-20(2)25-18-17-24-16-15-21-12-8-7-9-13-21/h4-6,9-10,12-19,26-28,32,35H,3,7-8,11,20-25H2,1-2H3;7-9,11,15-16,19,22-23H,6,10,12-14,17-18,20-21H2,1-5H3;7-9,12-13,17-18,20,22H,6,10-11,14-16,19H2,1-5H3/q;+1;/b27-26-;19-11-;18-17-. The second kappa shape index (κ2) is 48.1. The van der Waals surface area contributed by atoms with E-state index in [1.807, 2.05) is 42.7 Å². The molecule has 1 N–H and O–H groups in total. The molecule has 0 spiro atoms. The fraction of sp³-hybridized carbons (Fsp3) is 0.556. The van der Waals surface area contributed by atoms with Crippen LogP contribution in [0.25, 0.3) is 0 Å². The summed E-state index contributed by atoms with van der Waals surface area (Å²) in [5, 5.41) is 9.12. The van der Waals surface area contributed by atoms with Crippen molar-refractivity contribution in [3.05, 3.63) is 216 Å². The van der Waals surface area contributed by atoms with Crippen molar-refractivity contribution < 1.29 is 38.0 Å². The number of rotatable bonds is 44. The number of benzene rings is 5. The van der Waals surface area contributed by atoms with Crippen molar-refractivity contribution in [3.63, 3.8) is 0 Å². The number of nitrogens with zero attached hydrogens (tertiary/aromatic N) is 1. The molecule has 5 rings (SSSR count). The predicted molar refractivity (Wildman–Crippen MR) is 377 cm³/mol. The van der Waals surface area contributed by atoms with Crippen molar-refractivity contribution in [2.24, 2.45) is 17.3 Å². The Bertz CT molecular complexity index is 2500. The van der Waals surface area contributed by atoms with Crippen molar-refractivity contribution >= 4 is 0 Å². The minimum absolute atomic E-state index is 0.198. The number of aliphatic hydroxyl groups excluding tert-OH is 1. The molecule has 0 saturated heterocycles. The second-order valence-corrected chi connectivity index (χ2v) is 26.9. The summed E-state index contributed by atoms with van der Waals surface area (Å²) < 4.78 is 35.0. The average Bonchev–Trinajstić information content (AvgIpc) is 3.69. The Morgan fingerprint density at radius 3 is 1.39 bits per heavy atom. The monoisotopic (exact) mass is 1220 g/mol. The topological polar surface area (TPSA) is 75.6 Å². The Balaban J connectivity index is 0.000000358. The Morgan fingerprint density at radius 1 is 0.461 bits per heavy atom. The van der Waals surface area contributed by atoms with Gasteiger partial charge in [-0.1, -0.05) is 214 Å². The van der Waals surface area contributed by atoms with Crippen LogP contribution in [0.1, 0.15) is 203 Å². The van der Waals surface area contributed by atoms with Gasteiger partial charge in [0.2, 0.25) is 0 Å². The van der Waals surface area contributed by atoms with E-state index < -0.39 is 0 Å². The first kappa shape index (κ1) is 77.4. The molecule has 6 atom stereocenters. The number of quaternary nitrogens is 1. The molecule has 5 aromatic carbocycles. The lowest BCUT2D eigenvalue weighted by atomic mass is 9.87. The number of hydrogen-bond acceptors (Lipinski definition) is 7. The van der Waals surface area contributed by atoms with Gasteiger partial charge >= 0.3 is 0 Å². The van der Waals surface area contributed by atoms with E-state index in [2.05, 4.69) is 193 Å². The summed E-state index contributed by atoms with van der Waals surface area (Å²) in [6.45, 7) is 25.4. The van der Waals surface area contributed by atoms with Crippen LogP contribution in [0.5, 0.6) is 0 Å². The van der Waals surface area contributed by atoms with E-state index in [-0.39, 0.29) is 18.1 Å². The van der Waals surface area contributed by atoms with Gasteiger partial charge in [0, 0.05) is 38.2 Å². The van der Waals surface area contributed by atoms with E-state index >= 15 is 0 Å². The predicted octanol–water partition coefficient (Wildman–Crippen LogP) is 20.2. The molecule has 8 nitrogen and oxygen atoms in total. The van der Waals surface area contributed by atoms with Crippen molar-refractivity contribution in [3.8, 4) is 0 Å². The second-order valence-electron chi connectivity index (χ2n) is 26.9. The highest BCUT2D eigenvalue weighted by Gasteiger charge is 2.18. The smallest absolute Gasteiger partial charge is 0.118 e. The maximum absolute atomic E-state index is 9.12. The quantitative estimate of drug-likeness (QED) is 0.0237. The Hall–Kier alpha value is -5.80. The van der Waals surface area contributed by atoms with Gasteiger partial charge in [0.1, 0.15) is 25.0 Å². The largest absolute Gasteiger partial charge is 0.501 e. The van der Waals surface area contributed by atoms with Crippen molar-refractivity contribution in [1.29, 1.82) is 0 Å². The first-order valence-corrected chi connectivity index (χ1v) is 34.4. The normalized spacial score (nSPS) is 13.8. The molecule has 0 saturated carbocycles. The fourth-order valence-electron chi connectivity index (χ4n) is 10.8. The molecule has 0 aliphatic carbocycles. The van der Waals surface area contributed by atoms with Gasteiger partial charge in [-0.15, -0.1) is 0 Å². The number of hydrogen-bond donors (Lipinski definition) is 1. The Labute approximate surface area is 544 Å². The third kappa shape index (κ3) is 40.5. The van der Waals surface area contributed by atoms with Crippen LogP contribution in [0.15, 0.2) is 177 Å². The van der Waals surface area contributed by atoms with Crippen LogP contribution in [0.3, 0.4) is 0 Å². The third-order valence-electron chi connectivity index (χ3n) is 16.4. The summed E-state index contributed by atoms with van der Waals surface area (Å²) in [6, 6.07) is 49.1. The van der Waals surface area contributed by atoms with Gasteiger partial charge in [-0.25, -0.2) is 0 Å². The summed E-state index contributed by atoms with van der Waals surface area (Å²) in [6.07, 6.45) is 32.6. The summed E-state index contributed by atoms with van der Waals surface area (Å²) in [4.78, 5) is 0. The molecule has 8 heteroatoms. The van der Waals surface area contributed by atoms with Crippen molar-refractivity contribution in [2.45, 2.75) is 208 Å². The maximum atomic E-state index is 9.12. The van der Waals surface area contributed by atoms with Crippen LogP contribution in [-0.4, -0.2) is 89.1 Å². The van der Waals surface area contributed by atoms with Crippen molar-refractivity contribution in [1.82, 2.24) is 0 Å². The Morgan fingerprint density at radius 2 is 0.921 bits per heavy atom. The molecule has 0 aliphatic rings. The third-order valence-corrected chi connectivity index (χ3v) is 16.4. The molecule has 5 aromatic rings. The van der Waals surface area contributed by atoms with Crippen molar-refractivity contribution in [2.75, 3.05) is 67.3 Å². The molecule has 0 aromatic heterocycles. The van der Waals surface area contributed by atoms with Crippen LogP contribution in [-0.2, 0) is 60.5 Å². The highest BCUT2D eigenvalue weighted by atomic mass is 16.5. The van der Waals surface area contributed by atoms with Gasteiger partial charge in [0.25, 0.3) is 0 Å². The highest BCUT2D eigenvalue weighted by molar-refractivity contribution is 5.27. The molecule has 0 aliphatic heterocycles. The minimum atomic E-state index is 0.198. The molecule has 6 unspecified atom stereocenters. The summed E-state index contributed by atoms with van der Waals surface area (Å²) in [5.41, 5.74) is 9.49. The fourth-order valence-corrected chi connectivity index (χ4v) is 10.8. The van der Waals surface area contributed by atoms with E-state index in [1.54, 1.807) is 25.0 Å². The van der Waals surface area contributed by atoms with Gasteiger partial charge in [-0.3, -0.25) is 0 Å². The molecule has 0 fully saturated rings. The van der Waals surface area contributed by atoms with Crippen LogP contribution in [0.4, 0.5) is 0 Å². The van der Waals surface area contributed by atoms with Crippen LogP contribution in [0, 0.1) is 17.3 Å². The minimum Gasteiger partial charge on any atom is -0.501 e. The lowest BCUT2D eigenvalue weighted by molar-refractivity contribution is -0.874. The zero-order valence-corrected chi connectivity index (χ0v) is 57.9. The Kier molecular flexibility index (Phi) is 41.8. The van der Waals surface area contributed by atoms with Gasteiger partial charge in [0.15, 0.2) is 0 Å². The number of ether oxygens (including phenoxy) is 6. The zero-order chi connectivity index (χ0) is 64.6. The molecular formula is C81H124NO7+. The molecule has 0 radical (unpaired) electrons. The van der Waals surface area contributed by atoms with Crippen LogP contribution < -0.4 is 0 Å². The zero-order valence-electron chi connectivity index (χ0n) is 57.9. The van der Waals surface area contributed by atoms with E-state index in [1.165, 1.54) is 103 Å². The molecule has 89 heavy (non-hydrogen) atoms. The van der Waals surface area contributed by atoms with Gasteiger partial charge in [0.05, 0.1) is 79.2 Å². The summed E-state index contributed by atoms with van der Waals surface area (Å²) in [7, 11) is 6.92. The van der Waals surface area contributed by atoms with E-state index in [0.29, 0.717) is 37.8 Å². The van der Waals surface area contributed by atoms with E-state index in [9.17, 15) is 0 Å². The van der Waals surface area contributed by atoms with Crippen LogP contribution >= 0.6 is 0 Å². The summed E-state index contributed by atoms with van der Waals surface area (Å²) in [5.74, 6) is 2.86. The average molecular weight is 1220 g/mol. The number of allylic oxidation sites excluding steroid dienone is 1. The highest BCUT2D eigenvalue weighted by Crippen LogP contribution is 2.30. The van der Waals surface area contributed by atoms with Gasteiger partial charge in [-0.05, 0) is 152 Å². The molecule has 0 amide bonds. The number of aliphatic hydroxyl groups is 1. The molecule has 0 heterocycles. The SMILES string of the molecule is CCC(CCCC(C)CC/C=C\OCCc1ccccc1)C[N+](C)(C)C.CCC(CCCC(C)O/C=C\OCCc1ccccc1)OCC(C)(C)C.CCC(CCCC(C)c1ccc(CCO/C=C\OCCc2ccccc2)cc1)c1ccc(CCO)cc1. The first-order valence-electron chi connectivity index (χ1n) is 34.4. The molecular weight excluding hydrogens is 1100 g/mol. The molecule has 494 valence electrons. The van der Waals surface area contributed by atoms with Crippen LogP contribution in [0.2, 0.25) is 0 Å². The van der Waals surface area contributed by atoms with E-state index in [4.69, 9.17) is 33.5 Å². The summed E-state index contributed by atoms with van der Waals surface area (Å²) >= 11 is 0. The van der Waals surface area contributed by atoms with E-state index in [0.717, 1.165) is 93.7 Å². The van der Waals surface area contributed by atoms with Gasteiger partial charge in [-0.2, -0.15) is 0 Å². The van der Waals surface area contributed by atoms with Gasteiger partial charge < -0.3 is 38.0 Å². The first-order chi connectivity index (χ1) is 43.0. The lowest BCUT2D eigenvalue weighted by Gasteiger charge is -2.29.